The summed E-state index contributed by atoms with van der Waals surface area (Å²) in [5.74, 6) is 0. The molecule has 168 valence electrons. The molecule has 0 amide bonds. The van der Waals surface area contributed by atoms with Gasteiger partial charge in [0.15, 0.2) is 12.7 Å². The molecule has 33 heavy (non-hydrogen) atoms. The first-order valence-electron chi connectivity index (χ1n) is 10.3. The summed E-state index contributed by atoms with van der Waals surface area (Å²) in [4.78, 5) is 33.6. The van der Waals surface area contributed by atoms with Gasteiger partial charge in [-0.05, 0) is 35.9 Å². The van der Waals surface area contributed by atoms with Gasteiger partial charge in [0.05, 0.1) is 47.8 Å². The lowest BCUT2D eigenvalue weighted by atomic mass is 10.1. The van der Waals surface area contributed by atoms with Crippen LogP contribution in [0.15, 0.2) is 40.7 Å². The molecule has 15 nitrogen and oxygen atoms in total. The molecule has 5 rings (SSSR count). The van der Waals surface area contributed by atoms with Crippen LogP contribution in [0.25, 0.3) is 21.8 Å². The van der Waals surface area contributed by atoms with Crippen LogP contribution in [-0.2, 0) is 13.1 Å². The number of nitrogens with zero attached hydrogens (tertiary/aromatic N) is 13. The van der Waals surface area contributed by atoms with E-state index in [1.54, 1.807) is 23.6 Å². The van der Waals surface area contributed by atoms with E-state index in [4.69, 9.17) is 0 Å². The maximum absolute atomic E-state index is 13.2. The second kappa shape index (κ2) is 8.25. The molecule has 0 aliphatic heterocycles. The quantitative estimate of drug-likeness (QED) is 0.290. The Morgan fingerprint density at radius 3 is 2.21 bits per heavy atom. The third-order valence-corrected chi connectivity index (χ3v) is 5.45. The molecule has 0 spiro atoms. The number of tetrazole rings is 2. The Morgan fingerprint density at radius 2 is 1.55 bits per heavy atom. The predicted molar refractivity (Wildman–Crippen MR) is 113 cm³/mol. The Hall–Kier alpha value is -4.43. The van der Waals surface area contributed by atoms with Crippen molar-refractivity contribution in [3.8, 4) is 0 Å². The Bertz CT molecular complexity index is 1520. The van der Waals surface area contributed by atoms with E-state index in [0.717, 1.165) is 0 Å². The standard InChI is InChI=1S/C18H19N13O2/c1-3-12(7-30-23-9-21-26-30)28-10-19-15-4-14-16(5-13(15)17(28)32)24-27-31(18(14)33)11(2)6-29-22-8-20-25-29/h4-5,8-12H,3,6-7H2,1-2H3. The largest absolute Gasteiger partial charge is 0.294 e. The molecule has 0 aliphatic rings. The van der Waals surface area contributed by atoms with E-state index in [9.17, 15) is 9.59 Å². The fourth-order valence-corrected chi connectivity index (χ4v) is 3.69. The molecule has 4 heterocycles. The summed E-state index contributed by atoms with van der Waals surface area (Å²) in [6.07, 6.45) is 4.80. The first-order valence-corrected chi connectivity index (χ1v) is 10.3. The van der Waals surface area contributed by atoms with Crippen LogP contribution >= 0.6 is 0 Å². The van der Waals surface area contributed by atoms with E-state index >= 15 is 0 Å². The topological polar surface area (TPSA) is 170 Å². The molecule has 0 aliphatic carbocycles. The van der Waals surface area contributed by atoms with Crippen LogP contribution in [-0.4, -0.2) is 65.0 Å². The van der Waals surface area contributed by atoms with E-state index in [0.29, 0.717) is 41.3 Å². The van der Waals surface area contributed by atoms with Gasteiger partial charge in [-0.3, -0.25) is 14.2 Å². The average Bonchev–Trinajstić information content (AvgIpc) is 3.52. The summed E-state index contributed by atoms with van der Waals surface area (Å²) in [6.45, 7) is 4.44. The number of benzene rings is 1. The zero-order chi connectivity index (χ0) is 22.9. The minimum Gasteiger partial charge on any atom is -0.294 e. The Labute approximate surface area is 184 Å². The first kappa shape index (κ1) is 20.5. The van der Waals surface area contributed by atoms with E-state index in [2.05, 4.69) is 46.1 Å². The van der Waals surface area contributed by atoms with Crippen LogP contribution in [0.1, 0.15) is 32.4 Å². The lowest BCUT2D eigenvalue weighted by molar-refractivity contribution is 0.354. The lowest BCUT2D eigenvalue weighted by Gasteiger charge is -2.17. The van der Waals surface area contributed by atoms with Gasteiger partial charge in [0.2, 0.25) is 0 Å². The smallest absolute Gasteiger partial charge is 0.277 e. The molecule has 4 aromatic heterocycles. The summed E-state index contributed by atoms with van der Waals surface area (Å²) in [7, 11) is 0. The van der Waals surface area contributed by atoms with Gasteiger partial charge in [-0.2, -0.15) is 9.59 Å². The Morgan fingerprint density at radius 1 is 0.879 bits per heavy atom. The van der Waals surface area contributed by atoms with Gasteiger partial charge in [-0.25, -0.2) is 9.67 Å². The maximum atomic E-state index is 13.2. The molecule has 2 unspecified atom stereocenters. The molecule has 1 aromatic carbocycles. The van der Waals surface area contributed by atoms with E-state index < -0.39 is 0 Å². The van der Waals surface area contributed by atoms with Crippen LogP contribution in [0.5, 0.6) is 0 Å². The number of hydrogen-bond acceptors (Lipinski definition) is 11. The van der Waals surface area contributed by atoms with Crippen molar-refractivity contribution in [2.45, 2.75) is 45.4 Å². The van der Waals surface area contributed by atoms with Crippen LogP contribution in [0.4, 0.5) is 0 Å². The minimum absolute atomic E-state index is 0.218. The fourth-order valence-electron chi connectivity index (χ4n) is 3.69. The van der Waals surface area contributed by atoms with Crippen LogP contribution in [0.3, 0.4) is 0 Å². The summed E-state index contributed by atoms with van der Waals surface area (Å²) in [6, 6.07) is 2.55. The zero-order valence-electron chi connectivity index (χ0n) is 17.8. The van der Waals surface area contributed by atoms with E-state index in [-0.39, 0.29) is 23.2 Å². The molecule has 5 aromatic rings. The molecule has 0 N–H and O–H groups in total. The third-order valence-electron chi connectivity index (χ3n) is 5.45. The fraction of sp³-hybridized carbons (Fsp3) is 0.389. The lowest BCUT2D eigenvalue weighted by Crippen LogP contribution is -2.30. The number of fused-ring (bicyclic) bond motifs is 2. The SMILES string of the molecule is CCC(Cn1ncnn1)n1cnc2cc3c(=O)n(C(C)Cn4ncnn4)nnc3cc2c1=O. The molecular weight excluding hydrogens is 430 g/mol. The second-order valence-electron chi connectivity index (χ2n) is 7.58. The summed E-state index contributed by atoms with van der Waals surface area (Å²) >= 11 is 0. The van der Waals surface area contributed by atoms with Crippen molar-refractivity contribution < 1.29 is 0 Å². The molecule has 0 fully saturated rings. The highest BCUT2D eigenvalue weighted by Gasteiger charge is 2.18. The van der Waals surface area contributed by atoms with Gasteiger partial charge in [0.1, 0.15) is 5.52 Å². The zero-order valence-corrected chi connectivity index (χ0v) is 17.8. The van der Waals surface area contributed by atoms with Gasteiger partial charge in [0, 0.05) is 0 Å². The third kappa shape index (κ3) is 3.72. The van der Waals surface area contributed by atoms with Crippen LogP contribution < -0.4 is 11.1 Å². The van der Waals surface area contributed by atoms with Crippen molar-refractivity contribution in [3.63, 3.8) is 0 Å². The molecule has 0 radical (unpaired) electrons. The molecule has 2 atom stereocenters. The molecule has 0 bridgehead atoms. The first-order chi connectivity index (χ1) is 16.0. The van der Waals surface area contributed by atoms with Crippen molar-refractivity contribution in [1.82, 2.24) is 65.0 Å². The van der Waals surface area contributed by atoms with Crippen molar-refractivity contribution in [2.75, 3.05) is 0 Å². The molecule has 0 saturated carbocycles. The monoisotopic (exact) mass is 449 g/mol. The summed E-state index contributed by atoms with van der Waals surface area (Å²) < 4.78 is 2.80. The number of hydrogen-bond donors (Lipinski definition) is 0. The van der Waals surface area contributed by atoms with Gasteiger partial charge in [-0.1, -0.05) is 12.1 Å². The van der Waals surface area contributed by atoms with E-state index in [1.807, 2.05) is 6.92 Å². The summed E-state index contributed by atoms with van der Waals surface area (Å²) in [5, 5.41) is 31.9. The minimum atomic E-state index is -0.365. The highest BCUT2D eigenvalue weighted by molar-refractivity contribution is 5.93. The van der Waals surface area contributed by atoms with Crippen LogP contribution in [0.2, 0.25) is 0 Å². The van der Waals surface area contributed by atoms with Crippen LogP contribution in [0, 0.1) is 0 Å². The van der Waals surface area contributed by atoms with Gasteiger partial charge >= 0.3 is 0 Å². The number of aromatic nitrogens is 13. The van der Waals surface area contributed by atoms with Gasteiger partial charge in [0.25, 0.3) is 11.1 Å². The average molecular weight is 449 g/mol. The Balaban J connectivity index is 1.55. The normalized spacial score (nSPS) is 13.5. The molecular formula is C18H19N13O2. The molecule has 15 heteroatoms. The maximum Gasteiger partial charge on any atom is 0.277 e. The van der Waals surface area contributed by atoms with Gasteiger partial charge < -0.3 is 0 Å². The van der Waals surface area contributed by atoms with E-state index in [1.165, 1.54) is 33.3 Å². The number of rotatable bonds is 7. The summed E-state index contributed by atoms with van der Waals surface area (Å²) in [5.41, 5.74) is 0.131. The highest BCUT2D eigenvalue weighted by atomic mass is 16.1. The van der Waals surface area contributed by atoms with Gasteiger partial charge in [-0.15, -0.1) is 25.5 Å². The molecule has 0 saturated heterocycles. The second-order valence-corrected chi connectivity index (χ2v) is 7.58. The van der Waals surface area contributed by atoms with Crippen molar-refractivity contribution in [1.29, 1.82) is 0 Å². The van der Waals surface area contributed by atoms with Crippen molar-refractivity contribution >= 4 is 21.8 Å². The Kier molecular flexibility index (Phi) is 5.12. The predicted octanol–water partition coefficient (Wildman–Crippen LogP) is -0.613. The van der Waals surface area contributed by atoms with Crippen molar-refractivity contribution in [3.05, 3.63) is 51.8 Å². The highest BCUT2D eigenvalue weighted by Crippen LogP contribution is 2.17. The van der Waals surface area contributed by atoms with Crippen molar-refractivity contribution in [2.24, 2.45) is 0 Å².